The number of nitrogens with zero attached hydrogens (tertiary/aromatic N) is 1. The molecule has 0 spiro atoms. The zero-order valence-corrected chi connectivity index (χ0v) is 7.99. The zero-order valence-electron chi connectivity index (χ0n) is 7.23. The minimum Gasteiger partial charge on any atom is -0.333 e. The molecule has 1 aliphatic carbocycles. The third-order valence-electron chi connectivity index (χ3n) is 2.64. The molecule has 1 fully saturated rings. The number of imidazole rings is 1. The molecule has 1 aromatic heterocycles. The molecule has 0 aromatic carbocycles. The first-order valence-corrected chi connectivity index (χ1v) is 4.87. The van der Waals surface area contributed by atoms with Crippen molar-refractivity contribution in [3.8, 4) is 0 Å². The summed E-state index contributed by atoms with van der Waals surface area (Å²) in [5.41, 5.74) is 2.34. The van der Waals surface area contributed by atoms with Crippen molar-refractivity contribution in [2.45, 2.75) is 38.5 Å². The molecule has 0 aliphatic heterocycles. The molecule has 0 unspecified atom stereocenters. The van der Waals surface area contributed by atoms with Crippen molar-refractivity contribution < 1.29 is 0 Å². The van der Waals surface area contributed by atoms with Crippen LogP contribution in [0.4, 0.5) is 0 Å². The van der Waals surface area contributed by atoms with Crippen LogP contribution in [0.15, 0.2) is 0 Å². The predicted molar refractivity (Wildman–Crippen MR) is 49.5 cm³/mol. The fourth-order valence-corrected chi connectivity index (χ4v) is 2.27. The van der Waals surface area contributed by atoms with Gasteiger partial charge in [-0.15, -0.1) is 0 Å². The highest BCUT2D eigenvalue weighted by Gasteiger charge is 2.21. The lowest BCUT2D eigenvalue weighted by Gasteiger charge is -2.04. The molecule has 3 heteroatoms. The molecule has 0 atom stereocenters. The largest absolute Gasteiger partial charge is 0.333 e. The first kappa shape index (κ1) is 8.11. The lowest BCUT2D eigenvalue weighted by molar-refractivity contribution is 0.696. The van der Waals surface area contributed by atoms with Crippen LogP contribution in [0.2, 0.25) is 5.28 Å². The van der Waals surface area contributed by atoms with E-state index in [1.807, 2.05) is 6.92 Å². The van der Waals surface area contributed by atoms with Gasteiger partial charge in [-0.3, -0.25) is 0 Å². The molecule has 0 bridgehead atoms. The van der Waals surface area contributed by atoms with Crippen LogP contribution in [-0.2, 0) is 0 Å². The maximum atomic E-state index is 5.78. The molecular formula is C9H13ClN2. The van der Waals surface area contributed by atoms with Crippen LogP contribution in [0, 0.1) is 6.92 Å². The lowest BCUT2D eigenvalue weighted by Crippen LogP contribution is -1.94. The van der Waals surface area contributed by atoms with E-state index in [0.717, 1.165) is 5.69 Å². The number of aromatic nitrogens is 2. The lowest BCUT2D eigenvalue weighted by atomic mass is 10.0. The van der Waals surface area contributed by atoms with Gasteiger partial charge < -0.3 is 4.98 Å². The first-order valence-electron chi connectivity index (χ1n) is 4.49. The van der Waals surface area contributed by atoms with Crippen molar-refractivity contribution >= 4 is 11.6 Å². The van der Waals surface area contributed by atoms with Crippen molar-refractivity contribution in [3.63, 3.8) is 0 Å². The maximum absolute atomic E-state index is 5.78. The maximum Gasteiger partial charge on any atom is 0.200 e. The number of H-pyrrole nitrogens is 1. The highest BCUT2D eigenvalue weighted by molar-refractivity contribution is 6.28. The Labute approximate surface area is 77.3 Å². The van der Waals surface area contributed by atoms with Crippen molar-refractivity contribution in [1.29, 1.82) is 0 Å². The summed E-state index contributed by atoms with van der Waals surface area (Å²) < 4.78 is 0. The van der Waals surface area contributed by atoms with Crippen molar-refractivity contribution in [2.24, 2.45) is 0 Å². The fourth-order valence-electron chi connectivity index (χ4n) is 2.03. The van der Waals surface area contributed by atoms with Gasteiger partial charge in [0.2, 0.25) is 0 Å². The Hall–Kier alpha value is -0.500. The standard InChI is InChI=1S/C9H13ClN2/c1-6-8(12-9(10)11-6)7-4-2-3-5-7/h7H,2-5H2,1H3,(H,11,12). The Balaban J connectivity index is 2.25. The van der Waals surface area contributed by atoms with Gasteiger partial charge in [-0.1, -0.05) is 12.8 Å². The van der Waals surface area contributed by atoms with Crippen LogP contribution in [0.5, 0.6) is 0 Å². The molecule has 1 heterocycles. The average Bonchev–Trinajstić information content (AvgIpc) is 2.58. The second-order valence-electron chi connectivity index (χ2n) is 3.52. The van der Waals surface area contributed by atoms with Crippen molar-refractivity contribution in [2.75, 3.05) is 0 Å². The van der Waals surface area contributed by atoms with Gasteiger partial charge in [0.1, 0.15) is 0 Å². The summed E-state index contributed by atoms with van der Waals surface area (Å²) in [5, 5.41) is 0.536. The number of aromatic amines is 1. The predicted octanol–water partition coefficient (Wildman–Crippen LogP) is 3.03. The highest BCUT2D eigenvalue weighted by Crippen LogP contribution is 2.34. The van der Waals surface area contributed by atoms with E-state index in [4.69, 9.17) is 11.6 Å². The van der Waals surface area contributed by atoms with Crippen LogP contribution in [-0.4, -0.2) is 9.97 Å². The number of halogens is 1. The summed E-state index contributed by atoms with van der Waals surface area (Å²) in [5.74, 6) is 0.661. The molecule has 1 saturated carbocycles. The smallest absolute Gasteiger partial charge is 0.200 e. The summed E-state index contributed by atoms with van der Waals surface area (Å²) in [6.45, 7) is 2.05. The Kier molecular flexibility index (Phi) is 2.09. The van der Waals surface area contributed by atoms with E-state index >= 15 is 0 Å². The Morgan fingerprint density at radius 1 is 1.42 bits per heavy atom. The summed E-state index contributed by atoms with van der Waals surface area (Å²) in [6.07, 6.45) is 5.24. The minimum atomic E-state index is 0.536. The number of aryl methyl sites for hydroxylation is 1. The van der Waals surface area contributed by atoms with E-state index in [1.54, 1.807) is 0 Å². The molecule has 1 aliphatic rings. The van der Waals surface area contributed by atoms with Gasteiger partial charge in [-0.25, -0.2) is 4.98 Å². The first-order chi connectivity index (χ1) is 5.77. The number of nitrogens with one attached hydrogen (secondary N) is 1. The topological polar surface area (TPSA) is 28.7 Å². The van der Waals surface area contributed by atoms with Crippen LogP contribution in [0.3, 0.4) is 0 Å². The Morgan fingerprint density at radius 3 is 2.58 bits per heavy atom. The highest BCUT2D eigenvalue weighted by atomic mass is 35.5. The zero-order chi connectivity index (χ0) is 8.55. The second-order valence-corrected chi connectivity index (χ2v) is 3.88. The van der Waals surface area contributed by atoms with E-state index in [0.29, 0.717) is 11.2 Å². The van der Waals surface area contributed by atoms with Crippen molar-refractivity contribution in [1.82, 2.24) is 9.97 Å². The molecule has 0 amide bonds. The summed E-state index contributed by atoms with van der Waals surface area (Å²) >= 11 is 5.78. The second kappa shape index (κ2) is 3.09. The van der Waals surface area contributed by atoms with E-state index in [9.17, 15) is 0 Å². The monoisotopic (exact) mass is 184 g/mol. The number of rotatable bonds is 1. The molecule has 1 N–H and O–H groups in total. The van der Waals surface area contributed by atoms with Crippen LogP contribution in [0.1, 0.15) is 43.0 Å². The average molecular weight is 185 g/mol. The summed E-state index contributed by atoms with van der Waals surface area (Å²) in [4.78, 5) is 7.34. The summed E-state index contributed by atoms with van der Waals surface area (Å²) in [7, 11) is 0. The van der Waals surface area contributed by atoms with E-state index in [-0.39, 0.29) is 0 Å². The molecule has 2 rings (SSSR count). The third kappa shape index (κ3) is 1.36. The van der Waals surface area contributed by atoms with Gasteiger partial charge in [0.05, 0.1) is 5.69 Å². The van der Waals surface area contributed by atoms with Gasteiger partial charge in [0.15, 0.2) is 5.28 Å². The molecule has 12 heavy (non-hydrogen) atoms. The van der Waals surface area contributed by atoms with E-state index < -0.39 is 0 Å². The van der Waals surface area contributed by atoms with Crippen molar-refractivity contribution in [3.05, 3.63) is 16.7 Å². The normalized spacial score (nSPS) is 18.8. The van der Waals surface area contributed by atoms with E-state index in [1.165, 1.54) is 31.4 Å². The van der Waals surface area contributed by atoms with Gasteiger partial charge in [0.25, 0.3) is 0 Å². The third-order valence-corrected chi connectivity index (χ3v) is 2.81. The fraction of sp³-hybridized carbons (Fsp3) is 0.667. The van der Waals surface area contributed by atoms with Gasteiger partial charge in [-0.05, 0) is 31.4 Å². The SMILES string of the molecule is Cc1[nH]c(Cl)nc1C1CCCC1. The Bertz CT molecular complexity index is 274. The molecule has 66 valence electrons. The molecule has 0 radical (unpaired) electrons. The quantitative estimate of drug-likeness (QED) is 0.714. The van der Waals surface area contributed by atoms with E-state index in [2.05, 4.69) is 9.97 Å². The van der Waals surface area contributed by atoms with Gasteiger partial charge >= 0.3 is 0 Å². The molecular weight excluding hydrogens is 172 g/mol. The van der Waals surface area contributed by atoms with Crippen LogP contribution < -0.4 is 0 Å². The molecule has 2 nitrogen and oxygen atoms in total. The number of hydrogen-bond acceptors (Lipinski definition) is 1. The molecule has 1 aromatic rings. The Morgan fingerprint density at radius 2 is 2.08 bits per heavy atom. The van der Waals surface area contributed by atoms with Gasteiger partial charge in [0, 0.05) is 11.6 Å². The number of hydrogen-bond donors (Lipinski definition) is 1. The minimum absolute atomic E-state index is 0.536. The van der Waals surface area contributed by atoms with Gasteiger partial charge in [-0.2, -0.15) is 0 Å². The van der Waals surface area contributed by atoms with Crippen LogP contribution in [0.25, 0.3) is 0 Å². The van der Waals surface area contributed by atoms with Crippen LogP contribution >= 0.6 is 11.6 Å². The summed E-state index contributed by atoms with van der Waals surface area (Å²) in [6, 6.07) is 0. The molecule has 0 saturated heterocycles.